The molecule has 0 unspecified atom stereocenters. The quantitative estimate of drug-likeness (QED) is 0.317. The number of likely N-dealkylation sites (N-methyl/N-ethyl adjacent to an activating group) is 1. The number of aromatic nitrogens is 3. The van der Waals surface area contributed by atoms with Gasteiger partial charge < -0.3 is 20.9 Å². The highest BCUT2D eigenvalue weighted by molar-refractivity contribution is 5.92. The number of carbonyl (C=O) groups excluding carboxylic acids is 1. The molecule has 3 aliphatic carbocycles. The molecular weight excluding hydrogens is 476 g/mol. The molecule has 1 amide bonds. The Kier molecular flexibility index (Phi) is 6.95. The van der Waals surface area contributed by atoms with Crippen molar-refractivity contribution in [3.63, 3.8) is 0 Å². The SMILES string of the molecule is C#C[C@@H](NC)C(=O)NC12CCC(Cn3nc(C)c4c3CCN(c3cc(C)nc(NC)c3C=N)C4)(CC1)CC2. The van der Waals surface area contributed by atoms with Crippen LogP contribution in [0.4, 0.5) is 11.5 Å². The molecule has 6 rings (SSSR count). The van der Waals surface area contributed by atoms with Crippen molar-refractivity contribution in [3.8, 4) is 12.3 Å². The monoisotopic (exact) mass is 516 g/mol. The molecule has 0 aromatic carbocycles. The van der Waals surface area contributed by atoms with Crippen molar-refractivity contribution in [2.45, 2.75) is 83.5 Å². The van der Waals surface area contributed by atoms with Crippen molar-refractivity contribution in [1.29, 1.82) is 5.41 Å². The third-order valence-electron chi connectivity index (χ3n) is 9.21. The van der Waals surface area contributed by atoms with Crippen LogP contribution in [0.1, 0.15) is 66.7 Å². The summed E-state index contributed by atoms with van der Waals surface area (Å²) in [7, 11) is 3.58. The zero-order valence-corrected chi connectivity index (χ0v) is 23.1. The van der Waals surface area contributed by atoms with E-state index in [2.05, 4.69) is 49.4 Å². The first-order valence-electron chi connectivity index (χ1n) is 13.7. The lowest BCUT2D eigenvalue weighted by molar-refractivity contribution is -0.126. The van der Waals surface area contributed by atoms with Crippen LogP contribution in [0.25, 0.3) is 0 Å². The topological polar surface area (TPSA) is 111 Å². The van der Waals surface area contributed by atoms with Gasteiger partial charge in [0.1, 0.15) is 11.9 Å². The fourth-order valence-corrected chi connectivity index (χ4v) is 6.89. The van der Waals surface area contributed by atoms with Crippen LogP contribution < -0.4 is 20.9 Å². The van der Waals surface area contributed by atoms with E-state index in [4.69, 9.17) is 16.9 Å². The van der Waals surface area contributed by atoms with Crippen LogP contribution in [-0.2, 0) is 24.3 Å². The number of hydrogen-bond acceptors (Lipinski definition) is 7. The molecule has 2 aromatic heterocycles. The lowest BCUT2D eigenvalue weighted by atomic mass is 9.57. The van der Waals surface area contributed by atoms with E-state index >= 15 is 0 Å². The Labute approximate surface area is 225 Å². The van der Waals surface area contributed by atoms with Crippen LogP contribution >= 0.6 is 0 Å². The molecule has 2 bridgehead atoms. The molecule has 4 aliphatic rings. The van der Waals surface area contributed by atoms with Crippen LogP contribution in [0.15, 0.2) is 6.07 Å². The standard InChI is InChI=1S/C29H40N8O/c1-6-23(31-4)27(38)34-29-11-8-28(9-12-29,10-13-29)18-37-24-7-14-36(17-22(24)20(3)35-37)25-15-19(2)33-26(32-5)21(25)16-30/h1,15-16,23,30-31H,7-14,17-18H2,2-5H3,(H,32,33)(H,34,38)/t23-,28?,29?/m1/s1. The Morgan fingerprint density at radius 1 is 1.24 bits per heavy atom. The summed E-state index contributed by atoms with van der Waals surface area (Å²) in [4.78, 5) is 19.6. The number of terminal acetylenes is 1. The Balaban J connectivity index is 1.31. The summed E-state index contributed by atoms with van der Waals surface area (Å²) in [5.74, 6) is 3.20. The Morgan fingerprint density at radius 2 is 1.95 bits per heavy atom. The van der Waals surface area contributed by atoms with Gasteiger partial charge in [0.15, 0.2) is 0 Å². The summed E-state index contributed by atoms with van der Waals surface area (Å²) in [6.45, 7) is 6.74. The number of rotatable bonds is 8. The summed E-state index contributed by atoms with van der Waals surface area (Å²) in [5, 5.41) is 22.4. The minimum atomic E-state index is -0.577. The van der Waals surface area contributed by atoms with Crippen molar-refractivity contribution >= 4 is 23.6 Å². The molecule has 9 nitrogen and oxygen atoms in total. The summed E-state index contributed by atoms with van der Waals surface area (Å²) >= 11 is 0. The van der Waals surface area contributed by atoms with Crippen LogP contribution in [0.2, 0.25) is 0 Å². The predicted octanol–water partition coefficient (Wildman–Crippen LogP) is 2.93. The Hall–Kier alpha value is -3.38. The van der Waals surface area contributed by atoms with Crippen molar-refractivity contribution in [2.24, 2.45) is 5.41 Å². The number of aryl methyl sites for hydroxylation is 2. The van der Waals surface area contributed by atoms with Gasteiger partial charge in [-0.25, -0.2) is 4.98 Å². The van der Waals surface area contributed by atoms with Crippen LogP contribution in [0, 0.1) is 37.0 Å². The number of nitrogens with one attached hydrogen (secondary N) is 4. The first kappa shape index (κ1) is 26.2. The zero-order valence-electron chi connectivity index (χ0n) is 23.1. The summed E-state index contributed by atoms with van der Waals surface area (Å²) in [6, 6.07) is 1.51. The van der Waals surface area contributed by atoms with Crippen molar-refractivity contribution < 1.29 is 4.79 Å². The van der Waals surface area contributed by atoms with E-state index in [1.807, 2.05) is 14.0 Å². The van der Waals surface area contributed by atoms with E-state index in [1.54, 1.807) is 7.05 Å². The van der Waals surface area contributed by atoms with Gasteiger partial charge in [-0.3, -0.25) is 14.8 Å². The van der Waals surface area contributed by atoms with Crippen molar-refractivity contribution in [1.82, 2.24) is 25.4 Å². The minimum absolute atomic E-state index is 0.0804. The first-order chi connectivity index (χ1) is 18.3. The summed E-state index contributed by atoms with van der Waals surface area (Å²) < 4.78 is 2.29. The molecule has 9 heteroatoms. The number of hydrogen-bond donors (Lipinski definition) is 4. The van der Waals surface area contributed by atoms with E-state index in [-0.39, 0.29) is 16.9 Å². The number of pyridine rings is 1. The molecule has 0 radical (unpaired) electrons. The van der Waals surface area contributed by atoms with E-state index in [9.17, 15) is 4.79 Å². The molecule has 1 atom stereocenters. The van der Waals surface area contributed by atoms with Gasteiger partial charge in [0.05, 0.1) is 16.9 Å². The zero-order chi connectivity index (χ0) is 27.1. The summed E-state index contributed by atoms with van der Waals surface area (Å²) in [5.41, 5.74) is 6.70. The maximum absolute atomic E-state index is 12.7. The largest absolute Gasteiger partial charge is 0.373 e. The molecule has 3 fully saturated rings. The second-order valence-electron chi connectivity index (χ2n) is 11.4. The molecule has 3 saturated carbocycles. The van der Waals surface area contributed by atoms with Gasteiger partial charge in [-0.2, -0.15) is 5.10 Å². The molecular formula is C29H40N8O. The number of amides is 1. The van der Waals surface area contributed by atoms with E-state index in [0.29, 0.717) is 0 Å². The van der Waals surface area contributed by atoms with Crippen LogP contribution in [0.3, 0.4) is 0 Å². The van der Waals surface area contributed by atoms with Gasteiger partial charge in [-0.1, -0.05) is 5.92 Å². The van der Waals surface area contributed by atoms with Gasteiger partial charge >= 0.3 is 0 Å². The minimum Gasteiger partial charge on any atom is -0.373 e. The fourth-order valence-electron chi connectivity index (χ4n) is 6.89. The average Bonchev–Trinajstić information content (AvgIpc) is 3.23. The van der Waals surface area contributed by atoms with Gasteiger partial charge in [-0.05, 0) is 70.9 Å². The third-order valence-corrected chi connectivity index (χ3v) is 9.21. The maximum atomic E-state index is 12.7. The second-order valence-corrected chi connectivity index (χ2v) is 11.4. The second kappa shape index (κ2) is 10.1. The normalized spacial score (nSPS) is 24.9. The van der Waals surface area contributed by atoms with Gasteiger partial charge in [0.25, 0.3) is 0 Å². The molecule has 0 saturated heterocycles. The van der Waals surface area contributed by atoms with Crippen LogP contribution in [0.5, 0.6) is 0 Å². The molecule has 4 N–H and O–H groups in total. The van der Waals surface area contributed by atoms with E-state index < -0.39 is 6.04 Å². The van der Waals surface area contributed by atoms with Crippen LogP contribution in [-0.4, -0.2) is 59.1 Å². The average molecular weight is 517 g/mol. The highest BCUT2D eigenvalue weighted by Crippen LogP contribution is 2.53. The highest BCUT2D eigenvalue weighted by atomic mass is 16.2. The molecule has 2 aromatic rings. The van der Waals surface area contributed by atoms with Gasteiger partial charge in [-0.15, -0.1) is 6.42 Å². The molecule has 3 heterocycles. The van der Waals surface area contributed by atoms with Crippen molar-refractivity contribution in [3.05, 3.63) is 34.3 Å². The van der Waals surface area contributed by atoms with E-state index in [0.717, 1.165) is 93.0 Å². The lowest BCUT2D eigenvalue weighted by Gasteiger charge is -2.54. The Morgan fingerprint density at radius 3 is 2.55 bits per heavy atom. The lowest BCUT2D eigenvalue weighted by Crippen LogP contribution is -2.60. The molecule has 202 valence electrons. The summed E-state index contributed by atoms with van der Waals surface area (Å²) in [6.07, 6.45) is 14.1. The Bertz CT molecular complexity index is 1260. The number of carbonyl (C=O) groups is 1. The van der Waals surface area contributed by atoms with Crippen molar-refractivity contribution in [2.75, 3.05) is 30.9 Å². The molecule has 38 heavy (non-hydrogen) atoms. The first-order valence-corrected chi connectivity index (χ1v) is 13.7. The number of fused-ring (bicyclic) bond motifs is 4. The highest BCUT2D eigenvalue weighted by Gasteiger charge is 2.50. The fraction of sp³-hybridized carbons (Fsp3) is 0.586. The van der Waals surface area contributed by atoms with E-state index in [1.165, 1.54) is 17.5 Å². The smallest absolute Gasteiger partial charge is 0.250 e. The van der Waals surface area contributed by atoms with Gasteiger partial charge in [0.2, 0.25) is 5.91 Å². The predicted molar refractivity (Wildman–Crippen MR) is 151 cm³/mol. The third kappa shape index (κ3) is 4.55. The molecule has 0 spiro atoms. The van der Waals surface area contributed by atoms with Gasteiger partial charge in [0, 0.05) is 61.8 Å². The maximum Gasteiger partial charge on any atom is 0.250 e. The number of nitrogens with zero attached hydrogens (tertiary/aromatic N) is 4. The number of anilines is 2. The molecule has 1 aliphatic heterocycles.